The highest BCUT2D eigenvalue weighted by molar-refractivity contribution is 5.92. The third-order valence-electron chi connectivity index (χ3n) is 4.02. The van der Waals surface area contributed by atoms with Gasteiger partial charge in [-0.15, -0.1) is 0 Å². The Hall–Kier alpha value is -2.98. The van der Waals surface area contributed by atoms with Crippen LogP contribution in [0.3, 0.4) is 0 Å². The Balaban J connectivity index is 2.17. The summed E-state index contributed by atoms with van der Waals surface area (Å²) in [5.41, 5.74) is 5.63. The number of carboxylic acid groups (broad SMARTS) is 1. The first-order chi connectivity index (χ1) is 12.1. The number of hydrogen-bond donors (Lipinski definition) is 1. The minimum atomic E-state index is -0.959. The Bertz CT molecular complexity index is 901. The summed E-state index contributed by atoms with van der Waals surface area (Å²) < 4.78 is 5.27. The Kier molecular flexibility index (Phi) is 4.91. The van der Waals surface area contributed by atoms with Gasteiger partial charge in [0.2, 0.25) is 0 Å². The van der Waals surface area contributed by atoms with E-state index in [1.807, 2.05) is 49.4 Å². The van der Waals surface area contributed by atoms with E-state index < -0.39 is 5.97 Å². The highest BCUT2D eigenvalue weighted by atomic mass is 16.5. The highest BCUT2D eigenvalue weighted by Crippen LogP contribution is 2.30. The standard InChI is InChI=1S/C21H19NO3/c1-14-7-8-20(22-12-14)17-9-16(10-18(11-17)21(23)24)19-6-4-3-5-15(19)13-25-2/h3-12H,13H2,1-2H3,(H,23,24). The van der Waals surface area contributed by atoms with Crippen LogP contribution in [0.15, 0.2) is 60.8 Å². The number of benzene rings is 2. The minimum absolute atomic E-state index is 0.238. The number of aromatic carboxylic acids is 1. The van der Waals surface area contributed by atoms with E-state index in [1.165, 1.54) is 0 Å². The zero-order chi connectivity index (χ0) is 17.8. The molecule has 1 aromatic heterocycles. The molecule has 4 nitrogen and oxygen atoms in total. The van der Waals surface area contributed by atoms with Crippen LogP contribution in [-0.4, -0.2) is 23.2 Å². The van der Waals surface area contributed by atoms with Crippen molar-refractivity contribution in [2.45, 2.75) is 13.5 Å². The molecule has 0 unspecified atom stereocenters. The van der Waals surface area contributed by atoms with Gasteiger partial charge in [-0.25, -0.2) is 4.79 Å². The molecule has 0 amide bonds. The summed E-state index contributed by atoms with van der Waals surface area (Å²) in [6.07, 6.45) is 1.78. The highest BCUT2D eigenvalue weighted by Gasteiger charge is 2.12. The minimum Gasteiger partial charge on any atom is -0.478 e. The molecule has 0 spiro atoms. The fourth-order valence-corrected chi connectivity index (χ4v) is 2.78. The third-order valence-corrected chi connectivity index (χ3v) is 4.02. The molecule has 0 fully saturated rings. The van der Waals surface area contributed by atoms with Crippen molar-refractivity contribution in [2.24, 2.45) is 0 Å². The molecule has 4 heteroatoms. The van der Waals surface area contributed by atoms with Crippen LogP contribution >= 0.6 is 0 Å². The van der Waals surface area contributed by atoms with Gasteiger partial charge in [0, 0.05) is 18.9 Å². The maximum Gasteiger partial charge on any atom is 0.335 e. The van der Waals surface area contributed by atoms with Crippen LogP contribution in [0.1, 0.15) is 21.5 Å². The number of carbonyl (C=O) groups is 1. The Morgan fingerprint density at radius 1 is 1.08 bits per heavy atom. The normalized spacial score (nSPS) is 10.6. The summed E-state index contributed by atoms with van der Waals surface area (Å²) in [6, 6.07) is 17.0. The predicted molar refractivity (Wildman–Crippen MR) is 97.5 cm³/mol. The van der Waals surface area contributed by atoms with Gasteiger partial charge in [-0.3, -0.25) is 4.98 Å². The second-order valence-corrected chi connectivity index (χ2v) is 5.92. The molecule has 0 radical (unpaired) electrons. The Morgan fingerprint density at radius 2 is 1.84 bits per heavy atom. The van der Waals surface area contributed by atoms with Crippen LogP contribution in [0.25, 0.3) is 22.4 Å². The summed E-state index contributed by atoms with van der Waals surface area (Å²) in [6.45, 7) is 2.43. The molecule has 2 aromatic carbocycles. The SMILES string of the molecule is COCc1ccccc1-c1cc(C(=O)O)cc(-c2ccc(C)cn2)c1. The molecule has 0 aliphatic heterocycles. The third kappa shape index (κ3) is 3.75. The fourth-order valence-electron chi connectivity index (χ4n) is 2.78. The molecule has 1 heterocycles. The van der Waals surface area contributed by atoms with Crippen LogP contribution in [0.4, 0.5) is 0 Å². The van der Waals surface area contributed by atoms with E-state index in [0.717, 1.165) is 33.5 Å². The average molecular weight is 333 g/mol. The number of ether oxygens (including phenoxy) is 1. The summed E-state index contributed by atoms with van der Waals surface area (Å²) in [5.74, 6) is -0.959. The number of methoxy groups -OCH3 is 1. The fraction of sp³-hybridized carbons (Fsp3) is 0.143. The number of carboxylic acids is 1. The van der Waals surface area contributed by atoms with E-state index >= 15 is 0 Å². The van der Waals surface area contributed by atoms with E-state index in [-0.39, 0.29) is 5.56 Å². The molecule has 0 atom stereocenters. The first-order valence-corrected chi connectivity index (χ1v) is 7.97. The van der Waals surface area contributed by atoms with Crippen LogP contribution in [0, 0.1) is 6.92 Å². The first-order valence-electron chi connectivity index (χ1n) is 7.97. The quantitative estimate of drug-likeness (QED) is 0.743. The van der Waals surface area contributed by atoms with Gasteiger partial charge in [0.15, 0.2) is 0 Å². The van der Waals surface area contributed by atoms with E-state index in [1.54, 1.807) is 25.4 Å². The second-order valence-electron chi connectivity index (χ2n) is 5.92. The molecule has 126 valence electrons. The van der Waals surface area contributed by atoms with Gasteiger partial charge in [-0.1, -0.05) is 30.3 Å². The number of aryl methyl sites for hydroxylation is 1. The molecule has 25 heavy (non-hydrogen) atoms. The maximum absolute atomic E-state index is 11.6. The molecular weight excluding hydrogens is 314 g/mol. The van der Waals surface area contributed by atoms with Gasteiger partial charge >= 0.3 is 5.97 Å². The van der Waals surface area contributed by atoms with E-state index in [9.17, 15) is 9.90 Å². The monoisotopic (exact) mass is 333 g/mol. The van der Waals surface area contributed by atoms with Crippen molar-refractivity contribution < 1.29 is 14.6 Å². The number of nitrogens with zero attached hydrogens (tertiary/aromatic N) is 1. The number of aromatic nitrogens is 1. The van der Waals surface area contributed by atoms with Crippen molar-refractivity contribution in [1.29, 1.82) is 0 Å². The van der Waals surface area contributed by atoms with Gasteiger partial charge in [0.05, 0.1) is 17.9 Å². The Morgan fingerprint density at radius 3 is 2.52 bits per heavy atom. The molecule has 3 rings (SSSR count). The van der Waals surface area contributed by atoms with E-state index in [0.29, 0.717) is 6.61 Å². The van der Waals surface area contributed by atoms with Gasteiger partial charge in [0.25, 0.3) is 0 Å². The lowest BCUT2D eigenvalue weighted by atomic mass is 9.95. The summed E-state index contributed by atoms with van der Waals surface area (Å²) in [5, 5.41) is 9.50. The lowest BCUT2D eigenvalue weighted by molar-refractivity contribution is 0.0697. The molecule has 0 aliphatic carbocycles. The van der Waals surface area contributed by atoms with Crippen LogP contribution in [0.5, 0.6) is 0 Å². The van der Waals surface area contributed by atoms with Gasteiger partial charge < -0.3 is 9.84 Å². The summed E-state index contributed by atoms with van der Waals surface area (Å²) >= 11 is 0. The topological polar surface area (TPSA) is 59.4 Å². The van der Waals surface area contributed by atoms with Gasteiger partial charge in [-0.2, -0.15) is 0 Å². The molecule has 3 aromatic rings. The smallest absolute Gasteiger partial charge is 0.335 e. The lowest BCUT2D eigenvalue weighted by Gasteiger charge is -2.12. The predicted octanol–water partition coefficient (Wildman–Crippen LogP) is 4.57. The molecule has 0 bridgehead atoms. The van der Waals surface area contributed by atoms with Gasteiger partial charge in [-0.05, 0) is 53.4 Å². The van der Waals surface area contributed by atoms with Crippen LogP contribution < -0.4 is 0 Å². The zero-order valence-electron chi connectivity index (χ0n) is 14.2. The Labute approximate surface area is 146 Å². The van der Waals surface area contributed by atoms with Crippen LogP contribution in [0.2, 0.25) is 0 Å². The number of pyridine rings is 1. The number of hydrogen-bond acceptors (Lipinski definition) is 3. The summed E-state index contributed by atoms with van der Waals surface area (Å²) in [7, 11) is 1.64. The molecule has 1 N–H and O–H groups in total. The largest absolute Gasteiger partial charge is 0.478 e. The number of rotatable bonds is 5. The first kappa shape index (κ1) is 16.9. The van der Waals surface area contributed by atoms with Crippen molar-refractivity contribution in [3.63, 3.8) is 0 Å². The zero-order valence-corrected chi connectivity index (χ0v) is 14.2. The van der Waals surface area contributed by atoms with Gasteiger partial charge in [0.1, 0.15) is 0 Å². The lowest BCUT2D eigenvalue weighted by Crippen LogP contribution is -1.99. The van der Waals surface area contributed by atoms with Crippen molar-refractivity contribution in [3.8, 4) is 22.4 Å². The molecule has 0 saturated carbocycles. The van der Waals surface area contributed by atoms with Crippen molar-refractivity contribution in [2.75, 3.05) is 7.11 Å². The van der Waals surface area contributed by atoms with E-state index in [4.69, 9.17) is 4.74 Å². The molecule has 0 saturated heterocycles. The van der Waals surface area contributed by atoms with Crippen molar-refractivity contribution in [3.05, 3.63) is 77.5 Å². The van der Waals surface area contributed by atoms with Crippen molar-refractivity contribution in [1.82, 2.24) is 4.98 Å². The van der Waals surface area contributed by atoms with Crippen LogP contribution in [-0.2, 0) is 11.3 Å². The molecular formula is C21H19NO3. The summed E-state index contributed by atoms with van der Waals surface area (Å²) in [4.78, 5) is 16.0. The molecule has 0 aliphatic rings. The maximum atomic E-state index is 11.6. The average Bonchev–Trinajstić information content (AvgIpc) is 2.62. The van der Waals surface area contributed by atoms with E-state index in [2.05, 4.69) is 4.98 Å². The second kappa shape index (κ2) is 7.28. The van der Waals surface area contributed by atoms with Crippen molar-refractivity contribution >= 4 is 5.97 Å².